The Hall–Kier alpha value is -3.36. The Labute approximate surface area is 192 Å². The van der Waals surface area contributed by atoms with Gasteiger partial charge in [-0.2, -0.15) is 0 Å². The van der Waals surface area contributed by atoms with Crippen molar-refractivity contribution in [2.75, 3.05) is 21.5 Å². The van der Waals surface area contributed by atoms with Crippen LogP contribution in [-0.2, 0) is 14.8 Å². The van der Waals surface area contributed by atoms with Crippen LogP contribution in [0, 0.1) is 0 Å². The van der Waals surface area contributed by atoms with Gasteiger partial charge < -0.3 is 10.6 Å². The number of rotatable bonds is 7. The van der Waals surface area contributed by atoms with Gasteiger partial charge in [-0.15, -0.1) is 0 Å². The van der Waals surface area contributed by atoms with Crippen molar-refractivity contribution in [3.8, 4) is 0 Å². The molecule has 0 atom stereocenters. The highest BCUT2D eigenvalue weighted by Gasteiger charge is 2.26. The van der Waals surface area contributed by atoms with E-state index in [0.717, 1.165) is 0 Å². The monoisotopic (exact) mass is 471 g/mol. The molecule has 0 aliphatic carbocycles. The van der Waals surface area contributed by atoms with Gasteiger partial charge in [-0.05, 0) is 55.5 Å². The van der Waals surface area contributed by atoms with Gasteiger partial charge in [0.25, 0.3) is 15.9 Å². The van der Waals surface area contributed by atoms with Gasteiger partial charge >= 0.3 is 0 Å². The Morgan fingerprint density at radius 2 is 1.59 bits per heavy atom. The van der Waals surface area contributed by atoms with Crippen LogP contribution in [0.2, 0.25) is 5.02 Å². The molecule has 0 bridgehead atoms. The van der Waals surface area contributed by atoms with E-state index >= 15 is 0 Å². The maximum Gasteiger partial charge on any atom is 0.265 e. The number of sulfonamides is 1. The van der Waals surface area contributed by atoms with E-state index in [4.69, 9.17) is 11.6 Å². The Balaban J connectivity index is 1.90. The average Bonchev–Trinajstić information content (AvgIpc) is 2.75. The van der Waals surface area contributed by atoms with Crippen LogP contribution in [0.3, 0.4) is 0 Å². The topological polar surface area (TPSA) is 95.6 Å². The maximum absolute atomic E-state index is 13.3. The lowest BCUT2D eigenvalue weighted by Crippen LogP contribution is -2.31. The fourth-order valence-electron chi connectivity index (χ4n) is 3.13. The van der Waals surface area contributed by atoms with Crippen molar-refractivity contribution in [2.45, 2.75) is 18.7 Å². The highest BCUT2D eigenvalue weighted by molar-refractivity contribution is 7.93. The highest BCUT2D eigenvalue weighted by Crippen LogP contribution is 2.30. The number of halogens is 1. The van der Waals surface area contributed by atoms with E-state index in [-0.39, 0.29) is 28.1 Å². The molecular formula is C23H22ClN3O4S. The molecule has 3 aromatic carbocycles. The van der Waals surface area contributed by atoms with E-state index in [1.54, 1.807) is 55.5 Å². The summed E-state index contributed by atoms with van der Waals surface area (Å²) >= 11 is 6.23. The number of para-hydroxylation sites is 1. The molecule has 0 radical (unpaired) electrons. The lowest BCUT2D eigenvalue weighted by Gasteiger charge is -2.23. The number of amides is 2. The van der Waals surface area contributed by atoms with E-state index in [1.165, 1.54) is 35.5 Å². The zero-order chi connectivity index (χ0) is 23.3. The summed E-state index contributed by atoms with van der Waals surface area (Å²) in [4.78, 5) is 23.8. The smallest absolute Gasteiger partial charge is 0.265 e. The third kappa shape index (κ3) is 5.27. The molecule has 0 spiro atoms. The number of nitrogens with one attached hydrogen (secondary N) is 2. The summed E-state index contributed by atoms with van der Waals surface area (Å²) in [6, 6.07) is 19.4. The van der Waals surface area contributed by atoms with Gasteiger partial charge in [0, 0.05) is 30.4 Å². The average molecular weight is 472 g/mol. The first kappa shape index (κ1) is 23.3. The van der Waals surface area contributed by atoms with Gasteiger partial charge in [0.05, 0.1) is 10.7 Å². The van der Waals surface area contributed by atoms with Crippen molar-refractivity contribution in [2.24, 2.45) is 0 Å². The van der Waals surface area contributed by atoms with Crippen LogP contribution in [0.25, 0.3) is 0 Å². The van der Waals surface area contributed by atoms with E-state index in [2.05, 4.69) is 10.6 Å². The first-order valence-corrected chi connectivity index (χ1v) is 11.6. The van der Waals surface area contributed by atoms with Crippen LogP contribution in [0.5, 0.6) is 0 Å². The lowest BCUT2D eigenvalue weighted by atomic mass is 10.2. The first-order valence-electron chi connectivity index (χ1n) is 9.78. The number of benzene rings is 3. The molecule has 0 aliphatic rings. The number of hydrogen-bond acceptors (Lipinski definition) is 4. The van der Waals surface area contributed by atoms with Crippen LogP contribution >= 0.6 is 11.6 Å². The molecule has 2 amide bonds. The largest absolute Gasteiger partial charge is 0.326 e. The predicted octanol–water partition coefficient (Wildman–Crippen LogP) is 4.77. The van der Waals surface area contributed by atoms with Crippen molar-refractivity contribution >= 4 is 50.5 Å². The molecule has 0 saturated heterocycles. The third-order valence-electron chi connectivity index (χ3n) is 4.53. The van der Waals surface area contributed by atoms with Crippen LogP contribution in [0.15, 0.2) is 77.7 Å². The number of hydrogen-bond donors (Lipinski definition) is 2. The second kappa shape index (κ2) is 9.84. The standard InChI is InChI=1S/C23H22ClN3O4S/c1-3-27(20-10-5-4-6-11-20)32(30,31)22-15-19(12-13-21(22)24)26-23(29)17-8-7-9-18(14-17)25-16(2)28/h4-15H,3H2,1-2H3,(H,25,28)(H,26,29). The fraction of sp³-hybridized carbons (Fsp3) is 0.130. The summed E-state index contributed by atoms with van der Waals surface area (Å²) in [5, 5.41) is 5.34. The molecule has 0 heterocycles. The van der Waals surface area contributed by atoms with Gasteiger partial charge in [-0.1, -0.05) is 35.9 Å². The number of carbonyl (C=O) groups excluding carboxylic acids is 2. The van der Waals surface area contributed by atoms with Crippen LogP contribution < -0.4 is 14.9 Å². The zero-order valence-electron chi connectivity index (χ0n) is 17.5. The summed E-state index contributed by atoms with van der Waals surface area (Å²) in [6.45, 7) is 3.30. The summed E-state index contributed by atoms with van der Waals surface area (Å²) in [5.74, 6) is -0.715. The van der Waals surface area contributed by atoms with E-state index < -0.39 is 15.9 Å². The number of carbonyl (C=O) groups is 2. The zero-order valence-corrected chi connectivity index (χ0v) is 19.1. The molecule has 3 rings (SSSR count). The first-order chi connectivity index (χ1) is 15.2. The lowest BCUT2D eigenvalue weighted by molar-refractivity contribution is -0.114. The van der Waals surface area contributed by atoms with E-state index in [9.17, 15) is 18.0 Å². The quantitative estimate of drug-likeness (QED) is 0.519. The molecule has 0 aliphatic heterocycles. The summed E-state index contributed by atoms with van der Waals surface area (Å²) in [5.41, 5.74) is 1.56. The molecule has 7 nitrogen and oxygen atoms in total. The number of nitrogens with zero attached hydrogens (tertiary/aromatic N) is 1. The Morgan fingerprint density at radius 1 is 0.906 bits per heavy atom. The van der Waals surface area contributed by atoms with Crippen molar-refractivity contribution in [3.05, 3.63) is 83.4 Å². The van der Waals surface area contributed by atoms with Crippen LogP contribution in [0.1, 0.15) is 24.2 Å². The van der Waals surface area contributed by atoms with Crippen molar-refractivity contribution in [1.29, 1.82) is 0 Å². The second-order valence-corrected chi connectivity index (χ2v) is 9.10. The van der Waals surface area contributed by atoms with Gasteiger partial charge in [-0.3, -0.25) is 13.9 Å². The molecule has 2 N–H and O–H groups in total. The maximum atomic E-state index is 13.3. The molecule has 0 fully saturated rings. The van der Waals surface area contributed by atoms with Gasteiger partial charge in [-0.25, -0.2) is 8.42 Å². The third-order valence-corrected chi connectivity index (χ3v) is 6.92. The van der Waals surface area contributed by atoms with E-state index in [1.807, 2.05) is 0 Å². The molecule has 32 heavy (non-hydrogen) atoms. The molecule has 0 unspecified atom stereocenters. The highest BCUT2D eigenvalue weighted by atomic mass is 35.5. The normalized spacial score (nSPS) is 11.0. The van der Waals surface area contributed by atoms with Crippen molar-refractivity contribution in [3.63, 3.8) is 0 Å². The Kier molecular flexibility index (Phi) is 7.17. The molecule has 0 aromatic heterocycles. The minimum absolute atomic E-state index is 0.0463. The van der Waals surface area contributed by atoms with Gasteiger partial charge in [0.2, 0.25) is 5.91 Å². The molecule has 3 aromatic rings. The molecule has 166 valence electrons. The SMILES string of the molecule is CCN(c1ccccc1)S(=O)(=O)c1cc(NC(=O)c2cccc(NC(C)=O)c2)ccc1Cl. The molecular weight excluding hydrogens is 450 g/mol. The second-order valence-electron chi connectivity index (χ2n) is 6.87. The Morgan fingerprint density at radius 3 is 2.25 bits per heavy atom. The van der Waals surface area contributed by atoms with Crippen molar-refractivity contribution in [1.82, 2.24) is 0 Å². The predicted molar refractivity (Wildman–Crippen MR) is 127 cm³/mol. The van der Waals surface area contributed by atoms with Gasteiger partial charge in [0.1, 0.15) is 4.90 Å². The molecule has 9 heteroatoms. The van der Waals surface area contributed by atoms with Crippen LogP contribution in [-0.4, -0.2) is 26.8 Å². The minimum atomic E-state index is -3.98. The minimum Gasteiger partial charge on any atom is -0.326 e. The van der Waals surface area contributed by atoms with E-state index in [0.29, 0.717) is 16.9 Å². The number of anilines is 3. The summed E-state index contributed by atoms with van der Waals surface area (Å²) in [6.07, 6.45) is 0. The fourth-order valence-corrected chi connectivity index (χ4v) is 5.10. The Bertz CT molecular complexity index is 1250. The molecule has 0 saturated carbocycles. The summed E-state index contributed by atoms with van der Waals surface area (Å²) < 4.78 is 27.9. The van der Waals surface area contributed by atoms with Gasteiger partial charge in [0.15, 0.2) is 0 Å². The summed E-state index contributed by atoms with van der Waals surface area (Å²) in [7, 11) is -3.98. The van der Waals surface area contributed by atoms with Crippen molar-refractivity contribution < 1.29 is 18.0 Å². The van der Waals surface area contributed by atoms with Crippen LogP contribution in [0.4, 0.5) is 17.1 Å².